The molecular formula is C16H20N4O+2. The van der Waals surface area contributed by atoms with E-state index in [0.29, 0.717) is 0 Å². The van der Waals surface area contributed by atoms with Gasteiger partial charge in [0.25, 0.3) is 6.17 Å². The number of imidazole rings is 2. The minimum Gasteiger partial charge on any atom is -0.497 e. The number of aromatic nitrogens is 4. The summed E-state index contributed by atoms with van der Waals surface area (Å²) in [4.78, 5) is 0. The summed E-state index contributed by atoms with van der Waals surface area (Å²) in [5.74, 6) is 0.869. The van der Waals surface area contributed by atoms with E-state index in [2.05, 4.69) is 46.3 Å². The fourth-order valence-corrected chi connectivity index (χ4v) is 2.50. The van der Waals surface area contributed by atoms with Gasteiger partial charge < -0.3 is 4.74 Å². The lowest BCUT2D eigenvalue weighted by molar-refractivity contribution is -0.672. The smallest absolute Gasteiger partial charge is 0.268 e. The van der Waals surface area contributed by atoms with Crippen LogP contribution in [0.4, 0.5) is 0 Å². The number of hydrogen-bond acceptors (Lipinski definition) is 1. The van der Waals surface area contributed by atoms with Crippen molar-refractivity contribution in [2.24, 2.45) is 14.1 Å². The highest BCUT2D eigenvalue weighted by Crippen LogP contribution is 2.22. The molecule has 0 aliphatic carbocycles. The molecule has 108 valence electrons. The zero-order chi connectivity index (χ0) is 14.8. The van der Waals surface area contributed by atoms with Gasteiger partial charge in [-0.15, -0.1) is 0 Å². The molecule has 0 saturated carbocycles. The van der Waals surface area contributed by atoms with Crippen molar-refractivity contribution >= 4 is 0 Å². The Balaban J connectivity index is 2.06. The molecular weight excluding hydrogens is 264 g/mol. The van der Waals surface area contributed by atoms with Crippen LogP contribution in [0.5, 0.6) is 5.75 Å². The predicted molar refractivity (Wildman–Crippen MR) is 77.7 cm³/mol. The van der Waals surface area contributed by atoms with Gasteiger partial charge in [0.15, 0.2) is 0 Å². The molecule has 0 spiro atoms. The maximum Gasteiger partial charge on any atom is 0.268 e. The molecule has 2 heterocycles. The standard InChI is InChI=1S/C16H20N4O/c1-17-8-10-19(12-17)16(20-11-9-18(2)13-20)14-4-6-15(21-3)7-5-14/h4-13,16H,1-3H3/q+2. The van der Waals surface area contributed by atoms with E-state index < -0.39 is 0 Å². The Morgan fingerprint density at radius 3 is 1.81 bits per heavy atom. The van der Waals surface area contributed by atoms with Gasteiger partial charge in [0.2, 0.25) is 12.7 Å². The van der Waals surface area contributed by atoms with Crippen LogP contribution < -0.4 is 13.9 Å². The van der Waals surface area contributed by atoms with E-state index in [1.807, 2.05) is 47.8 Å². The molecule has 5 heteroatoms. The molecule has 0 saturated heterocycles. The fourth-order valence-electron chi connectivity index (χ4n) is 2.50. The highest BCUT2D eigenvalue weighted by Gasteiger charge is 2.25. The summed E-state index contributed by atoms with van der Waals surface area (Å²) >= 11 is 0. The predicted octanol–water partition coefficient (Wildman–Crippen LogP) is 1.04. The topological polar surface area (TPSA) is 26.8 Å². The van der Waals surface area contributed by atoms with Crippen LogP contribution in [0.25, 0.3) is 0 Å². The lowest BCUT2D eigenvalue weighted by Crippen LogP contribution is -2.27. The van der Waals surface area contributed by atoms with Crippen LogP contribution in [0.1, 0.15) is 11.7 Å². The summed E-state index contributed by atoms with van der Waals surface area (Å²) < 4.78 is 13.7. The quantitative estimate of drug-likeness (QED) is 0.658. The molecule has 0 unspecified atom stereocenters. The van der Waals surface area contributed by atoms with E-state index in [4.69, 9.17) is 4.74 Å². The summed E-state index contributed by atoms with van der Waals surface area (Å²) in [5.41, 5.74) is 1.20. The Hall–Kier alpha value is -2.56. The summed E-state index contributed by atoms with van der Waals surface area (Å²) in [6, 6.07) is 8.19. The van der Waals surface area contributed by atoms with Gasteiger partial charge in [-0.05, 0) is 24.3 Å². The molecule has 21 heavy (non-hydrogen) atoms. The van der Waals surface area contributed by atoms with E-state index >= 15 is 0 Å². The van der Waals surface area contributed by atoms with Crippen molar-refractivity contribution < 1.29 is 13.9 Å². The van der Waals surface area contributed by atoms with Gasteiger partial charge in [0.1, 0.15) is 30.5 Å². The third-order valence-electron chi connectivity index (χ3n) is 3.56. The van der Waals surface area contributed by atoms with E-state index in [1.54, 1.807) is 7.11 Å². The van der Waals surface area contributed by atoms with Crippen molar-refractivity contribution in [3.05, 3.63) is 67.3 Å². The van der Waals surface area contributed by atoms with Crippen LogP contribution >= 0.6 is 0 Å². The highest BCUT2D eigenvalue weighted by molar-refractivity contribution is 5.29. The van der Waals surface area contributed by atoms with Crippen molar-refractivity contribution in [3.63, 3.8) is 0 Å². The Morgan fingerprint density at radius 2 is 1.43 bits per heavy atom. The first kappa shape index (κ1) is 13.4. The van der Waals surface area contributed by atoms with Gasteiger partial charge in [-0.25, -0.2) is 9.13 Å². The molecule has 3 rings (SSSR count). The fraction of sp³-hybridized carbons (Fsp3) is 0.250. The zero-order valence-electron chi connectivity index (χ0n) is 12.5. The second-order valence-corrected chi connectivity index (χ2v) is 5.20. The molecule has 3 aromatic rings. The molecule has 1 aromatic carbocycles. The number of aryl methyl sites for hydroxylation is 2. The first-order valence-electron chi connectivity index (χ1n) is 6.87. The van der Waals surface area contributed by atoms with Crippen molar-refractivity contribution in [2.75, 3.05) is 7.11 Å². The average Bonchev–Trinajstić information content (AvgIpc) is 3.10. The van der Waals surface area contributed by atoms with Crippen LogP contribution in [-0.2, 0) is 14.1 Å². The number of benzene rings is 1. The Kier molecular flexibility index (Phi) is 3.48. The van der Waals surface area contributed by atoms with Gasteiger partial charge in [-0.3, -0.25) is 0 Å². The highest BCUT2D eigenvalue weighted by atomic mass is 16.5. The van der Waals surface area contributed by atoms with Crippen molar-refractivity contribution in [2.45, 2.75) is 6.17 Å². The molecule has 0 atom stereocenters. The molecule has 2 aromatic heterocycles. The van der Waals surface area contributed by atoms with Gasteiger partial charge in [0.05, 0.1) is 21.2 Å². The molecule has 0 fully saturated rings. The molecule has 0 radical (unpaired) electrons. The minimum absolute atomic E-state index is 0.0818. The number of hydrogen-bond donors (Lipinski definition) is 0. The minimum atomic E-state index is 0.0818. The maximum atomic E-state index is 5.25. The Morgan fingerprint density at radius 1 is 0.905 bits per heavy atom. The molecule has 0 N–H and O–H groups in total. The second kappa shape index (κ2) is 5.44. The van der Waals surface area contributed by atoms with Crippen LogP contribution in [0.2, 0.25) is 0 Å². The first-order chi connectivity index (χ1) is 10.2. The number of methoxy groups -OCH3 is 1. The van der Waals surface area contributed by atoms with Crippen molar-refractivity contribution in [1.29, 1.82) is 0 Å². The average molecular weight is 284 g/mol. The summed E-state index contributed by atoms with van der Waals surface area (Å²) in [6.45, 7) is 0. The number of rotatable bonds is 4. The molecule has 5 nitrogen and oxygen atoms in total. The normalized spacial score (nSPS) is 11.0. The third kappa shape index (κ3) is 2.67. The summed E-state index contributed by atoms with van der Waals surface area (Å²) in [5, 5.41) is 0. The van der Waals surface area contributed by atoms with Crippen LogP contribution in [0.3, 0.4) is 0 Å². The Labute approximate surface area is 124 Å². The number of ether oxygens (including phenoxy) is 1. The summed E-state index contributed by atoms with van der Waals surface area (Å²) in [6.07, 6.45) is 12.5. The maximum absolute atomic E-state index is 5.25. The summed E-state index contributed by atoms with van der Waals surface area (Å²) in [7, 11) is 5.73. The third-order valence-corrected chi connectivity index (χ3v) is 3.56. The lowest BCUT2D eigenvalue weighted by Gasteiger charge is -2.11. The molecule has 0 amide bonds. The first-order valence-corrected chi connectivity index (χ1v) is 6.87. The van der Waals surface area contributed by atoms with Crippen molar-refractivity contribution in [1.82, 2.24) is 9.13 Å². The van der Waals surface area contributed by atoms with Gasteiger partial charge >= 0.3 is 0 Å². The van der Waals surface area contributed by atoms with E-state index in [0.717, 1.165) is 5.75 Å². The van der Waals surface area contributed by atoms with Gasteiger partial charge in [-0.1, -0.05) is 0 Å². The van der Waals surface area contributed by atoms with Crippen LogP contribution in [-0.4, -0.2) is 16.2 Å². The molecule has 0 aliphatic heterocycles. The van der Waals surface area contributed by atoms with Gasteiger partial charge in [-0.2, -0.15) is 9.13 Å². The van der Waals surface area contributed by atoms with Crippen LogP contribution in [0, 0.1) is 0 Å². The van der Waals surface area contributed by atoms with E-state index in [1.165, 1.54) is 5.56 Å². The van der Waals surface area contributed by atoms with Gasteiger partial charge in [0, 0.05) is 5.56 Å². The lowest BCUT2D eigenvalue weighted by atomic mass is 10.1. The van der Waals surface area contributed by atoms with E-state index in [-0.39, 0.29) is 6.17 Å². The SMILES string of the molecule is COc1ccc(C(n2cc[n+](C)c2)n2cc[n+](C)c2)cc1. The van der Waals surface area contributed by atoms with E-state index in [9.17, 15) is 0 Å². The largest absolute Gasteiger partial charge is 0.497 e. The number of nitrogens with zero attached hydrogens (tertiary/aromatic N) is 4. The zero-order valence-corrected chi connectivity index (χ0v) is 12.5. The molecule has 0 aliphatic rings. The monoisotopic (exact) mass is 284 g/mol. The Bertz CT molecular complexity index is 687. The van der Waals surface area contributed by atoms with Crippen LogP contribution in [0.15, 0.2) is 61.7 Å². The second-order valence-electron chi connectivity index (χ2n) is 5.20. The van der Waals surface area contributed by atoms with Crippen molar-refractivity contribution in [3.8, 4) is 5.75 Å². The molecule has 0 bridgehead atoms.